The first-order valence-corrected chi connectivity index (χ1v) is 9.78. The quantitative estimate of drug-likeness (QED) is 0.787. The summed E-state index contributed by atoms with van der Waals surface area (Å²) in [6.07, 6.45) is 5.20. The molecular formula is C13H18BrNO2S2. The summed E-state index contributed by atoms with van der Waals surface area (Å²) >= 11 is 5.16. The van der Waals surface area contributed by atoms with E-state index in [-0.39, 0.29) is 0 Å². The highest BCUT2D eigenvalue weighted by atomic mass is 79.9. The Morgan fingerprint density at radius 3 is 2.63 bits per heavy atom. The maximum absolute atomic E-state index is 12.1. The van der Waals surface area contributed by atoms with Gasteiger partial charge in [-0.05, 0) is 40.9 Å². The monoisotopic (exact) mass is 363 g/mol. The van der Waals surface area contributed by atoms with Crippen LogP contribution < -0.4 is 4.72 Å². The molecule has 0 atom stereocenters. The highest BCUT2D eigenvalue weighted by Crippen LogP contribution is 2.29. The molecule has 0 aromatic heterocycles. The number of nitrogens with one attached hydrogen (secondary N) is 1. The molecular weight excluding hydrogens is 346 g/mol. The second-order valence-electron chi connectivity index (χ2n) is 4.61. The van der Waals surface area contributed by atoms with Crippen molar-refractivity contribution in [1.29, 1.82) is 0 Å². The first-order chi connectivity index (χ1) is 9.09. The van der Waals surface area contributed by atoms with Gasteiger partial charge in [-0.2, -0.15) is 11.8 Å². The molecule has 1 fully saturated rings. The lowest BCUT2D eigenvalue weighted by molar-refractivity contribution is 0.583. The normalized spacial score (nSPS) is 16.9. The van der Waals surface area contributed by atoms with Crippen molar-refractivity contribution < 1.29 is 8.42 Å². The van der Waals surface area contributed by atoms with Gasteiger partial charge >= 0.3 is 0 Å². The molecule has 1 N–H and O–H groups in total. The van der Waals surface area contributed by atoms with E-state index in [4.69, 9.17) is 0 Å². The molecule has 1 aliphatic carbocycles. The lowest BCUT2D eigenvalue weighted by atomic mass is 10.4. The van der Waals surface area contributed by atoms with Crippen LogP contribution in [-0.4, -0.2) is 26.0 Å². The predicted molar refractivity (Wildman–Crippen MR) is 84.0 cm³/mol. The van der Waals surface area contributed by atoms with Crippen LogP contribution in [0.25, 0.3) is 0 Å². The van der Waals surface area contributed by atoms with E-state index in [2.05, 4.69) is 20.7 Å². The largest absolute Gasteiger partial charge is 0.241 e. The predicted octanol–water partition coefficient (Wildman–Crippen LogP) is 3.40. The Balaban J connectivity index is 1.82. The SMILES string of the molecule is O=S(=O)(NCCSC1CCCC1)c1ccccc1Br. The molecule has 6 heteroatoms. The van der Waals surface area contributed by atoms with Crippen molar-refractivity contribution in [2.24, 2.45) is 0 Å². The first-order valence-electron chi connectivity index (χ1n) is 6.45. The van der Waals surface area contributed by atoms with E-state index in [1.807, 2.05) is 11.8 Å². The van der Waals surface area contributed by atoms with Gasteiger partial charge in [0, 0.05) is 22.0 Å². The number of benzene rings is 1. The number of rotatable bonds is 6. The number of hydrogen-bond acceptors (Lipinski definition) is 3. The summed E-state index contributed by atoms with van der Waals surface area (Å²) < 4.78 is 27.5. The van der Waals surface area contributed by atoms with Crippen molar-refractivity contribution in [3.63, 3.8) is 0 Å². The highest BCUT2D eigenvalue weighted by Gasteiger charge is 2.18. The molecule has 0 saturated heterocycles. The van der Waals surface area contributed by atoms with Gasteiger partial charge in [0.25, 0.3) is 0 Å². The van der Waals surface area contributed by atoms with E-state index in [0.29, 0.717) is 15.9 Å². The van der Waals surface area contributed by atoms with Gasteiger partial charge < -0.3 is 0 Å². The van der Waals surface area contributed by atoms with Crippen LogP contribution in [0.5, 0.6) is 0 Å². The molecule has 0 unspecified atom stereocenters. The zero-order chi connectivity index (χ0) is 13.7. The lowest BCUT2D eigenvalue weighted by Gasteiger charge is -2.10. The Kier molecular flexibility index (Phi) is 5.74. The molecule has 1 aromatic rings. The second-order valence-corrected chi connectivity index (χ2v) is 8.60. The fraction of sp³-hybridized carbons (Fsp3) is 0.538. The van der Waals surface area contributed by atoms with Crippen molar-refractivity contribution in [2.45, 2.75) is 35.8 Å². The molecule has 0 spiro atoms. The minimum absolute atomic E-state index is 0.306. The summed E-state index contributed by atoms with van der Waals surface area (Å²) in [6, 6.07) is 6.88. The number of hydrogen-bond donors (Lipinski definition) is 1. The molecule has 0 bridgehead atoms. The maximum atomic E-state index is 12.1. The van der Waals surface area contributed by atoms with Gasteiger partial charge in [-0.1, -0.05) is 25.0 Å². The van der Waals surface area contributed by atoms with Crippen LogP contribution in [-0.2, 0) is 10.0 Å². The number of thioether (sulfide) groups is 1. The van der Waals surface area contributed by atoms with Crippen molar-refractivity contribution in [3.05, 3.63) is 28.7 Å². The molecule has 0 radical (unpaired) electrons. The third-order valence-electron chi connectivity index (χ3n) is 3.18. The Morgan fingerprint density at radius 2 is 1.95 bits per heavy atom. The zero-order valence-corrected chi connectivity index (χ0v) is 13.9. The van der Waals surface area contributed by atoms with Crippen LogP contribution in [0.15, 0.2) is 33.6 Å². The molecule has 106 valence electrons. The van der Waals surface area contributed by atoms with E-state index in [1.54, 1.807) is 24.3 Å². The minimum atomic E-state index is -3.40. The topological polar surface area (TPSA) is 46.2 Å². The Hall–Kier alpha value is -0.0400. The molecule has 2 rings (SSSR count). The fourth-order valence-corrected chi connectivity index (χ4v) is 5.58. The maximum Gasteiger partial charge on any atom is 0.241 e. The van der Waals surface area contributed by atoms with Gasteiger partial charge in [-0.15, -0.1) is 0 Å². The van der Waals surface area contributed by atoms with Gasteiger partial charge in [0.05, 0.1) is 4.90 Å². The van der Waals surface area contributed by atoms with Crippen molar-refractivity contribution in [1.82, 2.24) is 4.72 Å². The van der Waals surface area contributed by atoms with Crippen molar-refractivity contribution >= 4 is 37.7 Å². The molecule has 1 saturated carbocycles. The molecule has 0 heterocycles. The third kappa shape index (κ3) is 4.48. The van der Waals surface area contributed by atoms with Crippen LogP contribution in [0.2, 0.25) is 0 Å². The summed E-state index contributed by atoms with van der Waals surface area (Å²) in [4.78, 5) is 0.306. The van der Waals surface area contributed by atoms with E-state index in [0.717, 1.165) is 11.0 Å². The van der Waals surface area contributed by atoms with E-state index in [9.17, 15) is 8.42 Å². The minimum Gasteiger partial charge on any atom is -0.210 e. The molecule has 1 aromatic carbocycles. The van der Waals surface area contributed by atoms with Crippen molar-refractivity contribution in [3.8, 4) is 0 Å². The summed E-state index contributed by atoms with van der Waals surface area (Å²) in [5, 5.41) is 0.730. The average Bonchev–Trinajstić information content (AvgIpc) is 2.88. The van der Waals surface area contributed by atoms with Crippen LogP contribution in [0.3, 0.4) is 0 Å². The van der Waals surface area contributed by atoms with Gasteiger partial charge in [0.15, 0.2) is 0 Å². The van der Waals surface area contributed by atoms with E-state index >= 15 is 0 Å². The van der Waals surface area contributed by atoms with Crippen LogP contribution >= 0.6 is 27.7 Å². The lowest BCUT2D eigenvalue weighted by Crippen LogP contribution is -2.26. The number of halogens is 1. The van der Waals surface area contributed by atoms with Crippen LogP contribution in [0.4, 0.5) is 0 Å². The number of sulfonamides is 1. The Morgan fingerprint density at radius 1 is 1.26 bits per heavy atom. The summed E-state index contributed by atoms with van der Waals surface area (Å²) in [5.74, 6) is 0.842. The van der Waals surface area contributed by atoms with Gasteiger partial charge in [-0.25, -0.2) is 13.1 Å². The molecule has 3 nitrogen and oxygen atoms in total. The van der Waals surface area contributed by atoms with Gasteiger partial charge in [0.1, 0.15) is 0 Å². The van der Waals surface area contributed by atoms with Gasteiger partial charge in [-0.3, -0.25) is 0 Å². The highest BCUT2D eigenvalue weighted by molar-refractivity contribution is 9.10. The van der Waals surface area contributed by atoms with E-state index < -0.39 is 10.0 Å². The van der Waals surface area contributed by atoms with E-state index in [1.165, 1.54) is 25.7 Å². The summed E-state index contributed by atoms with van der Waals surface area (Å²) in [7, 11) is -3.40. The Bertz CT molecular complexity index is 513. The molecule has 0 aliphatic heterocycles. The average molecular weight is 364 g/mol. The Labute approximate surface area is 127 Å². The van der Waals surface area contributed by atoms with Crippen molar-refractivity contribution in [2.75, 3.05) is 12.3 Å². The molecule has 1 aliphatic rings. The summed E-state index contributed by atoms with van der Waals surface area (Å²) in [6.45, 7) is 0.491. The standard InChI is InChI=1S/C13H18BrNO2S2/c14-12-7-3-4-8-13(12)19(16,17)15-9-10-18-11-5-1-2-6-11/h3-4,7-8,11,15H,1-2,5-6,9-10H2. The second kappa shape index (κ2) is 7.11. The van der Waals surface area contributed by atoms with Crippen LogP contribution in [0, 0.1) is 0 Å². The van der Waals surface area contributed by atoms with Gasteiger partial charge in [0.2, 0.25) is 10.0 Å². The smallest absolute Gasteiger partial charge is 0.210 e. The third-order valence-corrected chi connectivity index (χ3v) is 7.03. The zero-order valence-electron chi connectivity index (χ0n) is 10.6. The van der Waals surface area contributed by atoms with Crippen LogP contribution in [0.1, 0.15) is 25.7 Å². The molecule has 0 amide bonds. The molecule has 19 heavy (non-hydrogen) atoms. The summed E-state index contributed by atoms with van der Waals surface area (Å²) in [5.41, 5.74) is 0. The first kappa shape index (κ1) is 15.4. The fourth-order valence-electron chi connectivity index (χ4n) is 2.20.